The van der Waals surface area contributed by atoms with Gasteiger partial charge in [-0.1, -0.05) is 82.4 Å². The molecule has 1 aliphatic rings. The smallest absolute Gasteiger partial charge is 0.106 e. The zero-order valence-electron chi connectivity index (χ0n) is 17.0. The van der Waals surface area contributed by atoms with E-state index in [4.69, 9.17) is 0 Å². The average Bonchev–Trinajstić information content (AvgIpc) is 2.95. The number of alkyl halides is 1. The van der Waals surface area contributed by atoms with Crippen molar-refractivity contribution < 1.29 is 14.6 Å². The number of allylic oxidation sites excluding steroid dienone is 2. The molecule has 0 amide bonds. The first-order valence-corrected chi connectivity index (χ1v) is 10.8. The van der Waals surface area contributed by atoms with Crippen molar-refractivity contribution in [3.05, 3.63) is 47.5 Å². The molecule has 0 heterocycles. The van der Waals surface area contributed by atoms with Gasteiger partial charge in [0.25, 0.3) is 0 Å². The fraction of sp³-hybridized carbons (Fsp3) is 0.667. The van der Waals surface area contributed by atoms with Crippen molar-refractivity contribution in [2.45, 2.75) is 95.9 Å². The van der Waals surface area contributed by atoms with E-state index in [0.29, 0.717) is 6.42 Å². The highest BCUT2D eigenvalue weighted by atomic mass is 19.1. The summed E-state index contributed by atoms with van der Waals surface area (Å²) in [6, 6.07) is 7.83. The van der Waals surface area contributed by atoms with Gasteiger partial charge in [0.05, 0.1) is 12.2 Å². The largest absolute Gasteiger partial charge is 0.392 e. The van der Waals surface area contributed by atoms with Gasteiger partial charge in [0, 0.05) is 18.3 Å². The van der Waals surface area contributed by atoms with Crippen LogP contribution in [0.15, 0.2) is 36.4 Å². The molecule has 152 valence electrons. The van der Waals surface area contributed by atoms with Gasteiger partial charge < -0.3 is 10.2 Å². The second-order valence-electron chi connectivity index (χ2n) is 8.04. The van der Waals surface area contributed by atoms with E-state index >= 15 is 0 Å². The maximum atomic E-state index is 14.5. The van der Waals surface area contributed by atoms with Crippen molar-refractivity contribution in [3.8, 4) is 0 Å². The first-order chi connectivity index (χ1) is 13.1. The molecule has 2 rings (SSSR count). The summed E-state index contributed by atoms with van der Waals surface area (Å²) in [5, 5.41) is 20.8. The van der Waals surface area contributed by atoms with Gasteiger partial charge in [0.2, 0.25) is 0 Å². The van der Waals surface area contributed by atoms with Gasteiger partial charge in [0.15, 0.2) is 0 Å². The average molecular weight is 377 g/mol. The number of hydrogen-bond acceptors (Lipinski definition) is 2. The Labute approximate surface area is 164 Å². The molecule has 0 bridgehead atoms. The summed E-state index contributed by atoms with van der Waals surface area (Å²) < 4.78 is 14.5. The van der Waals surface area contributed by atoms with E-state index in [1.807, 2.05) is 24.3 Å². The lowest BCUT2D eigenvalue weighted by Crippen LogP contribution is -2.18. The fourth-order valence-electron chi connectivity index (χ4n) is 4.21. The third kappa shape index (κ3) is 6.43. The molecule has 2 nitrogen and oxygen atoms in total. The molecular formula is C24H37FO2. The predicted octanol–water partition coefficient (Wildman–Crippen LogP) is 6.24. The van der Waals surface area contributed by atoms with Crippen molar-refractivity contribution >= 4 is 0 Å². The van der Waals surface area contributed by atoms with Gasteiger partial charge >= 0.3 is 0 Å². The minimum Gasteiger partial charge on any atom is -0.392 e. The number of unbranched alkanes of at least 4 members (excludes halogenated alkanes) is 4. The Bertz CT molecular complexity index is 554. The molecule has 1 fully saturated rings. The van der Waals surface area contributed by atoms with Crippen LogP contribution in [0.4, 0.5) is 4.39 Å². The lowest BCUT2D eigenvalue weighted by molar-refractivity contribution is 0.153. The molecule has 0 aromatic heterocycles. The van der Waals surface area contributed by atoms with Crippen LogP contribution in [0.1, 0.15) is 94.8 Å². The normalized spacial score (nSPS) is 26.7. The topological polar surface area (TPSA) is 40.5 Å². The van der Waals surface area contributed by atoms with Gasteiger partial charge in [0.1, 0.15) is 6.17 Å². The maximum absolute atomic E-state index is 14.5. The Morgan fingerprint density at radius 1 is 1.07 bits per heavy atom. The standard InChI is InChI=1S/C24H37FO2/c1-3-5-7-8-10-11-20-21(25)17-23(27)24(20)19-15-13-18(14-16-19)22(26)12-9-6-4-2/h8,10,13-16,20-24,26-27H,3-7,9,11-12,17H2,1-2H3/b10-8-/t20-,21+,22?,23+,24+/m0/s1. The highest BCUT2D eigenvalue weighted by Gasteiger charge is 2.42. The number of aliphatic hydroxyl groups excluding tert-OH is 2. The summed E-state index contributed by atoms with van der Waals surface area (Å²) >= 11 is 0. The minimum atomic E-state index is -0.958. The number of benzene rings is 1. The van der Waals surface area contributed by atoms with Crippen LogP contribution >= 0.6 is 0 Å². The summed E-state index contributed by atoms with van der Waals surface area (Å²) in [6.45, 7) is 4.32. The van der Waals surface area contributed by atoms with Gasteiger partial charge in [-0.2, -0.15) is 0 Å². The fourth-order valence-corrected chi connectivity index (χ4v) is 4.21. The highest BCUT2D eigenvalue weighted by molar-refractivity contribution is 5.29. The number of hydrogen-bond donors (Lipinski definition) is 2. The van der Waals surface area contributed by atoms with E-state index in [9.17, 15) is 14.6 Å². The molecule has 0 spiro atoms. The van der Waals surface area contributed by atoms with Crippen LogP contribution in [0.25, 0.3) is 0 Å². The summed E-state index contributed by atoms with van der Waals surface area (Å²) in [4.78, 5) is 0. The van der Waals surface area contributed by atoms with Crippen molar-refractivity contribution in [1.82, 2.24) is 0 Å². The van der Waals surface area contributed by atoms with Crippen LogP contribution in [0.2, 0.25) is 0 Å². The Hall–Kier alpha value is -1.19. The minimum absolute atomic E-state index is 0.165. The summed E-state index contributed by atoms with van der Waals surface area (Å²) in [5.74, 6) is -0.333. The molecule has 1 unspecified atom stereocenters. The first kappa shape index (κ1) is 22.1. The van der Waals surface area contributed by atoms with Gasteiger partial charge in [-0.3, -0.25) is 0 Å². The molecule has 0 radical (unpaired) electrons. The molecule has 3 heteroatoms. The Kier molecular flexibility index (Phi) is 9.50. The van der Waals surface area contributed by atoms with E-state index in [2.05, 4.69) is 26.0 Å². The van der Waals surface area contributed by atoms with Crippen molar-refractivity contribution in [1.29, 1.82) is 0 Å². The molecule has 27 heavy (non-hydrogen) atoms. The third-order valence-corrected chi connectivity index (χ3v) is 5.89. The van der Waals surface area contributed by atoms with Gasteiger partial charge in [-0.25, -0.2) is 4.39 Å². The molecule has 1 saturated carbocycles. The van der Waals surface area contributed by atoms with E-state index < -0.39 is 18.4 Å². The second-order valence-corrected chi connectivity index (χ2v) is 8.04. The van der Waals surface area contributed by atoms with E-state index in [-0.39, 0.29) is 18.3 Å². The van der Waals surface area contributed by atoms with E-state index in [1.54, 1.807) is 0 Å². The molecule has 0 saturated heterocycles. The lowest BCUT2D eigenvalue weighted by atomic mass is 9.84. The van der Waals surface area contributed by atoms with Crippen molar-refractivity contribution in [2.75, 3.05) is 0 Å². The number of rotatable bonds is 11. The third-order valence-electron chi connectivity index (χ3n) is 5.89. The zero-order valence-corrected chi connectivity index (χ0v) is 17.0. The van der Waals surface area contributed by atoms with Gasteiger partial charge in [-0.15, -0.1) is 0 Å². The van der Waals surface area contributed by atoms with Crippen LogP contribution in [0, 0.1) is 5.92 Å². The Morgan fingerprint density at radius 2 is 1.78 bits per heavy atom. The summed E-state index contributed by atoms with van der Waals surface area (Å²) in [5.41, 5.74) is 1.90. The Morgan fingerprint density at radius 3 is 2.44 bits per heavy atom. The number of aliphatic hydroxyl groups is 2. The maximum Gasteiger partial charge on any atom is 0.106 e. The SMILES string of the molecule is CCCC/C=C\C[C@@H]1[C@@H](c2ccc(C(O)CCCCC)cc2)[C@H](O)C[C@H]1F. The molecular weight excluding hydrogens is 339 g/mol. The monoisotopic (exact) mass is 376 g/mol. The van der Waals surface area contributed by atoms with Crippen LogP contribution in [0.3, 0.4) is 0 Å². The molecule has 1 aromatic rings. The van der Waals surface area contributed by atoms with Crippen LogP contribution in [-0.2, 0) is 0 Å². The van der Waals surface area contributed by atoms with Crippen LogP contribution in [0.5, 0.6) is 0 Å². The quantitative estimate of drug-likeness (QED) is 0.354. The molecule has 1 aliphatic carbocycles. The molecule has 0 aliphatic heterocycles. The summed E-state index contributed by atoms with van der Waals surface area (Å²) in [7, 11) is 0. The number of halogens is 1. The highest BCUT2D eigenvalue weighted by Crippen LogP contribution is 2.44. The van der Waals surface area contributed by atoms with E-state index in [0.717, 1.165) is 56.1 Å². The van der Waals surface area contributed by atoms with Crippen molar-refractivity contribution in [2.24, 2.45) is 5.92 Å². The predicted molar refractivity (Wildman–Crippen MR) is 111 cm³/mol. The second kappa shape index (κ2) is 11.6. The van der Waals surface area contributed by atoms with Gasteiger partial charge in [-0.05, 0) is 30.4 Å². The lowest BCUT2D eigenvalue weighted by Gasteiger charge is -2.23. The Balaban J connectivity index is 2.01. The summed E-state index contributed by atoms with van der Waals surface area (Å²) in [6.07, 6.45) is 10.5. The van der Waals surface area contributed by atoms with E-state index in [1.165, 1.54) is 0 Å². The van der Waals surface area contributed by atoms with Crippen molar-refractivity contribution in [3.63, 3.8) is 0 Å². The molecule has 1 aromatic carbocycles. The molecule has 2 N–H and O–H groups in total. The zero-order chi connectivity index (χ0) is 19.6. The van der Waals surface area contributed by atoms with Crippen LogP contribution in [-0.4, -0.2) is 22.5 Å². The first-order valence-electron chi connectivity index (χ1n) is 10.8. The van der Waals surface area contributed by atoms with Crippen LogP contribution < -0.4 is 0 Å². The molecule has 5 atom stereocenters.